The summed E-state index contributed by atoms with van der Waals surface area (Å²) in [7, 11) is -1.62. The van der Waals surface area contributed by atoms with Crippen molar-refractivity contribution in [2.24, 2.45) is 0 Å². The van der Waals surface area contributed by atoms with Crippen molar-refractivity contribution in [3.8, 4) is 0 Å². The van der Waals surface area contributed by atoms with Gasteiger partial charge in [-0.05, 0) is 72.9 Å². The van der Waals surface area contributed by atoms with E-state index in [1.807, 2.05) is 0 Å². The van der Waals surface area contributed by atoms with Gasteiger partial charge in [-0.1, -0.05) is 6.07 Å². The number of benzene rings is 2. The highest BCUT2D eigenvalue weighted by molar-refractivity contribution is 7.83. The van der Waals surface area contributed by atoms with Crippen LogP contribution < -0.4 is 10.0 Å². The van der Waals surface area contributed by atoms with Gasteiger partial charge in [0.05, 0.1) is 16.4 Å². The molecule has 2 N–H and O–H groups in total. The number of hydrogen-bond acceptors (Lipinski definition) is 4. The second kappa shape index (κ2) is 7.81. The van der Waals surface area contributed by atoms with E-state index in [1.54, 1.807) is 0 Å². The van der Waals surface area contributed by atoms with Crippen molar-refractivity contribution in [2.45, 2.75) is 43.4 Å². The van der Waals surface area contributed by atoms with Crippen LogP contribution >= 0.6 is 0 Å². The molecule has 2 aliphatic carbocycles. The molecule has 7 nitrogen and oxygen atoms in total. The molecule has 4 rings (SSSR count). The standard InChI is InChI=1S/C20H21N3O4S/c24-19(12-21-28(27)16-9-7-15(8-10-16)23(25)26)22-20-17-5-1-3-13(17)11-14-4-2-6-18(14)20/h7-11,21H,1-6,12H2,(H,22,24). The van der Waals surface area contributed by atoms with Gasteiger partial charge >= 0.3 is 0 Å². The van der Waals surface area contributed by atoms with Gasteiger partial charge in [-0.25, -0.2) is 8.93 Å². The van der Waals surface area contributed by atoms with E-state index in [-0.39, 0.29) is 18.1 Å². The van der Waals surface area contributed by atoms with Crippen LogP contribution in [0.1, 0.15) is 35.1 Å². The molecule has 0 spiro atoms. The number of fused-ring (bicyclic) bond motifs is 2. The fraction of sp³-hybridized carbons (Fsp3) is 0.350. The highest BCUT2D eigenvalue weighted by Crippen LogP contribution is 2.38. The lowest BCUT2D eigenvalue weighted by Crippen LogP contribution is -2.30. The fourth-order valence-corrected chi connectivity index (χ4v) is 4.87. The van der Waals surface area contributed by atoms with Gasteiger partial charge in [-0.2, -0.15) is 0 Å². The molecule has 2 aromatic carbocycles. The first-order valence-electron chi connectivity index (χ1n) is 9.39. The number of anilines is 1. The Hall–Kier alpha value is -2.58. The molecule has 0 saturated heterocycles. The summed E-state index contributed by atoms with van der Waals surface area (Å²) in [5, 5.41) is 13.7. The number of aryl methyl sites for hydroxylation is 2. The van der Waals surface area contributed by atoms with Crippen molar-refractivity contribution in [1.82, 2.24) is 4.72 Å². The monoisotopic (exact) mass is 399 g/mol. The molecule has 8 heteroatoms. The number of nitrogens with zero attached hydrogens (tertiary/aromatic N) is 1. The number of nitro benzene ring substituents is 1. The first-order valence-corrected chi connectivity index (χ1v) is 10.5. The summed E-state index contributed by atoms with van der Waals surface area (Å²) in [5.41, 5.74) is 6.11. The van der Waals surface area contributed by atoms with Crippen LogP contribution in [0, 0.1) is 10.1 Å². The van der Waals surface area contributed by atoms with Crippen LogP contribution in [0.4, 0.5) is 11.4 Å². The molecule has 1 amide bonds. The molecule has 0 fully saturated rings. The van der Waals surface area contributed by atoms with Crippen molar-refractivity contribution < 1.29 is 13.9 Å². The minimum absolute atomic E-state index is 0.0646. The first-order chi connectivity index (χ1) is 13.5. The molecule has 0 aromatic heterocycles. The van der Waals surface area contributed by atoms with Gasteiger partial charge < -0.3 is 5.32 Å². The number of hydrogen-bond donors (Lipinski definition) is 2. The SMILES string of the molecule is O=C(CNS(=O)c1ccc([N+](=O)[O-])cc1)Nc1c2c(cc3c1CCC3)CCC2. The van der Waals surface area contributed by atoms with E-state index in [4.69, 9.17) is 0 Å². The third-order valence-electron chi connectivity index (χ3n) is 5.36. The van der Waals surface area contributed by atoms with Crippen molar-refractivity contribution in [1.29, 1.82) is 0 Å². The molecule has 146 valence electrons. The molecule has 1 atom stereocenters. The number of rotatable bonds is 6. The van der Waals surface area contributed by atoms with Crippen molar-refractivity contribution >= 4 is 28.3 Å². The molecule has 28 heavy (non-hydrogen) atoms. The Morgan fingerprint density at radius 2 is 1.64 bits per heavy atom. The molecule has 0 bridgehead atoms. The Morgan fingerprint density at radius 3 is 2.21 bits per heavy atom. The van der Waals surface area contributed by atoms with Gasteiger partial charge in [0.15, 0.2) is 0 Å². The smallest absolute Gasteiger partial charge is 0.269 e. The van der Waals surface area contributed by atoms with Gasteiger partial charge in [0.2, 0.25) is 5.91 Å². The second-order valence-electron chi connectivity index (χ2n) is 7.12. The zero-order chi connectivity index (χ0) is 19.7. The van der Waals surface area contributed by atoms with E-state index in [9.17, 15) is 19.1 Å². The van der Waals surface area contributed by atoms with Crippen LogP contribution in [0.25, 0.3) is 0 Å². The van der Waals surface area contributed by atoms with Crippen LogP contribution in [0.5, 0.6) is 0 Å². The van der Waals surface area contributed by atoms with Crippen LogP contribution in [-0.2, 0) is 41.5 Å². The average Bonchev–Trinajstić information content (AvgIpc) is 3.35. The molecule has 0 saturated carbocycles. The summed E-state index contributed by atoms with van der Waals surface area (Å²) in [6.07, 6.45) is 6.33. The Bertz CT molecular complexity index is 940. The third kappa shape index (κ3) is 3.70. The summed E-state index contributed by atoms with van der Waals surface area (Å²) in [6.45, 7) is -0.0952. The Kier molecular flexibility index (Phi) is 5.23. The summed E-state index contributed by atoms with van der Waals surface area (Å²) in [6, 6.07) is 7.76. The number of nitrogens with one attached hydrogen (secondary N) is 2. The van der Waals surface area contributed by atoms with E-state index in [1.165, 1.54) is 46.5 Å². The molecule has 2 aliphatic rings. The number of carbonyl (C=O) groups is 1. The lowest BCUT2D eigenvalue weighted by molar-refractivity contribution is -0.384. The number of carbonyl (C=O) groups excluding carboxylic acids is 1. The first kappa shape index (κ1) is 18.8. The molecular weight excluding hydrogens is 378 g/mol. The van der Waals surface area contributed by atoms with E-state index in [0.29, 0.717) is 4.90 Å². The fourth-order valence-electron chi connectivity index (χ4n) is 4.06. The predicted molar refractivity (Wildman–Crippen MR) is 107 cm³/mol. The molecular formula is C20H21N3O4S. The number of amides is 1. The van der Waals surface area contributed by atoms with Gasteiger partial charge in [0.25, 0.3) is 5.69 Å². The average molecular weight is 399 g/mol. The Morgan fingerprint density at radius 1 is 1.04 bits per heavy atom. The Balaban J connectivity index is 1.42. The number of non-ortho nitro benzene ring substituents is 1. The van der Waals surface area contributed by atoms with E-state index < -0.39 is 15.9 Å². The normalized spacial score (nSPS) is 15.7. The maximum atomic E-state index is 12.5. The maximum Gasteiger partial charge on any atom is 0.269 e. The summed E-state index contributed by atoms with van der Waals surface area (Å²) < 4.78 is 15.0. The zero-order valence-corrected chi connectivity index (χ0v) is 16.1. The van der Waals surface area contributed by atoms with Crippen LogP contribution in [0.15, 0.2) is 35.2 Å². The van der Waals surface area contributed by atoms with Crippen LogP contribution in [-0.4, -0.2) is 21.6 Å². The summed E-state index contributed by atoms with van der Waals surface area (Å²) >= 11 is 0. The number of nitro groups is 1. The Labute approximate surface area is 165 Å². The summed E-state index contributed by atoms with van der Waals surface area (Å²) in [4.78, 5) is 23.1. The van der Waals surface area contributed by atoms with Crippen molar-refractivity contribution in [2.75, 3.05) is 11.9 Å². The van der Waals surface area contributed by atoms with Gasteiger partial charge in [-0.15, -0.1) is 0 Å². The largest absolute Gasteiger partial charge is 0.324 e. The zero-order valence-electron chi connectivity index (χ0n) is 15.3. The van der Waals surface area contributed by atoms with Gasteiger partial charge in [-0.3, -0.25) is 14.9 Å². The minimum atomic E-state index is -1.62. The lowest BCUT2D eigenvalue weighted by Gasteiger charge is -2.16. The molecule has 0 aliphatic heterocycles. The third-order valence-corrected chi connectivity index (χ3v) is 6.47. The molecule has 0 heterocycles. The van der Waals surface area contributed by atoms with Crippen molar-refractivity contribution in [3.05, 3.63) is 62.7 Å². The van der Waals surface area contributed by atoms with Crippen LogP contribution in [0.3, 0.4) is 0 Å². The minimum Gasteiger partial charge on any atom is -0.324 e. The molecule has 0 radical (unpaired) electrons. The maximum absolute atomic E-state index is 12.5. The highest BCUT2D eigenvalue weighted by atomic mass is 32.2. The predicted octanol–water partition coefficient (Wildman–Crippen LogP) is 2.82. The van der Waals surface area contributed by atoms with Gasteiger partial charge in [0.1, 0.15) is 11.0 Å². The van der Waals surface area contributed by atoms with E-state index in [0.717, 1.165) is 44.2 Å². The highest BCUT2D eigenvalue weighted by Gasteiger charge is 2.25. The quantitative estimate of drug-likeness (QED) is 0.576. The van der Waals surface area contributed by atoms with E-state index >= 15 is 0 Å². The van der Waals surface area contributed by atoms with Gasteiger partial charge in [0, 0.05) is 17.8 Å². The summed E-state index contributed by atoms with van der Waals surface area (Å²) in [5.74, 6) is -0.232. The lowest BCUT2D eigenvalue weighted by atomic mass is 9.98. The molecule has 1 unspecified atom stereocenters. The van der Waals surface area contributed by atoms with Crippen molar-refractivity contribution in [3.63, 3.8) is 0 Å². The van der Waals surface area contributed by atoms with Crippen LogP contribution in [0.2, 0.25) is 0 Å². The second-order valence-corrected chi connectivity index (χ2v) is 8.42. The topological polar surface area (TPSA) is 101 Å². The van der Waals surface area contributed by atoms with E-state index in [2.05, 4.69) is 16.1 Å². The molecule has 2 aromatic rings.